The third-order valence-corrected chi connectivity index (χ3v) is 5.11. The van der Waals surface area contributed by atoms with Crippen molar-refractivity contribution in [2.24, 2.45) is 5.92 Å². The third kappa shape index (κ3) is 4.53. The number of carbonyl (C=O) groups is 2. The Labute approximate surface area is 131 Å². The Bertz CT molecular complexity index is 420. The highest BCUT2D eigenvalue weighted by molar-refractivity contribution is 8.07. The number of nitrogens with zero attached hydrogens (tertiary/aromatic N) is 1. The summed E-state index contributed by atoms with van der Waals surface area (Å²) in [6.45, 7) is 10.9. The molecule has 120 valence electrons. The van der Waals surface area contributed by atoms with Crippen molar-refractivity contribution in [3.63, 3.8) is 0 Å². The SMILES string of the molecule is CC(C)[C@@H](NC(=O)OC(C)(C)C)C(=O)N1CCC2SC2C1. The summed E-state index contributed by atoms with van der Waals surface area (Å²) in [6.07, 6.45) is 0.545. The van der Waals surface area contributed by atoms with E-state index in [4.69, 9.17) is 4.74 Å². The molecule has 1 N–H and O–H groups in total. The molecule has 2 unspecified atom stereocenters. The van der Waals surface area contributed by atoms with E-state index in [2.05, 4.69) is 5.32 Å². The molecule has 6 heteroatoms. The predicted molar refractivity (Wildman–Crippen MR) is 84.4 cm³/mol. The molecule has 2 fully saturated rings. The summed E-state index contributed by atoms with van der Waals surface area (Å²) in [5.74, 6) is 0.0522. The summed E-state index contributed by atoms with van der Waals surface area (Å²) in [5, 5.41) is 4.10. The van der Waals surface area contributed by atoms with Crippen LogP contribution in [-0.4, -0.2) is 52.1 Å². The Morgan fingerprint density at radius 2 is 1.95 bits per heavy atom. The van der Waals surface area contributed by atoms with Crippen molar-refractivity contribution in [2.45, 2.75) is 63.2 Å². The molecule has 0 aromatic carbocycles. The number of thioether (sulfide) groups is 1. The zero-order valence-electron chi connectivity index (χ0n) is 13.5. The van der Waals surface area contributed by atoms with Gasteiger partial charge < -0.3 is 15.0 Å². The zero-order chi connectivity index (χ0) is 15.8. The topological polar surface area (TPSA) is 58.6 Å². The first-order valence-corrected chi connectivity index (χ1v) is 8.55. The Morgan fingerprint density at radius 1 is 1.29 bits per heavy atom. The Morgan fingerprint density at radius 3 is 2.48 bits per heavy atom. The lowest BCUT2D eigenvalue weighted by molar-refractivity contribution is -0.135. The van der Waals surface area contributed by atoms with Gasteiger partial charge in [-0.2, -0.15) is 11.8 Å². The Hall–Kier alpha value is -0.910. The predicted octanol–water partition coefficient (Wildman–Crippen LogP) is 2.25. The van der Waals surface area contributed by atoms with Crippen molar-refractivity contribution >= 4 is 23.8 Å². The smallest absolute Gasteiger partial charge is 0.408 e. The van der Waals surface area contributed by atoms with Gasteiger partial charge in [0.1, 0.15) is 11.6 Å². The number of piperidine rings is 1. The van der Waals surface area contributed by atoms with Crippen molar-refractivity contribution in [2.75, 3.05) is 13.1 Å². The van der Waals surface area contributed by atoms with Crippen molar-refractivity contribution in [1.29, 1.82) is 0 Å². The molecule has 0 aromatic rings. The van der Waals surface area contributed by atoms with E-state index in [1.54, 1.807) is 0 Å². The lowest BCUT2D eigenvalue weighted by Crippen LogP contribution is -2.54. The van der Waals surface area contributed by atoms with E-state index in [9.17, 15) is 9.59 Å². The minimum absolute atomic E-state index is 0.0156. The monoisotopic (exact) mass is 314 g/mol. The quantitative estimate of drug-likeness (QED) is 0.812. The van der Waals surface area contributed by atoms with Crippen LogP contribution in [0.1, 0.15) is 41.0 Å². The van der Waals surface area contributed by atoms with Gasteiger partial charge in [-0.3, -0.25) is 4.79 Å². The summed E-state index contributed by atoms with van der Waals surface area (Å²) in [4.78, 5) is 26.5. The molecule has 2 heterocycles. The number of ether oxygens (including phenoxy) is 1. The molecule has 0 radical (unpaired) electrons. The number of likely N-dealkylation sites (tertiary alicyclic amines) is 1. The van der Waals surface area contributed by atoms with Gasteiger partial charge in [0.05, 0.1) is 0 Å². The summed E-state index contributed by atoms with van der Waals surface area (Å²) >= 11 is 1.96. The Balaban J connectivity index is 1.94. The number of nitrogens with one attached hydrogen (secondary N) is 1. The molecule has 2 rings (SSSR count). The van der Waals surface area contributed by atoms with Gasteiger partial charge in [-0.05, 0) is 33.1 Å². The number of rotatable bonds is 3. The first-order chi connectivity index (χ1) is 9.67. The fourth-order valence-electron chi connectivity index (χ4n) is 2.53. The lowest BCUT2D eigenvalue weighted by atomic mass is 10.0. The number of fused-ring (bicyclic) bond motifs is 1. The van der Waals surface area contributed by atoms with Crippen molar-refractivity contribution in [3.8, 4) is 0 Å². The molecule has 0 saturated carbocycles. The van der Waals surface area contributed by atoms with Crippen LogP contribution in [0.4, 0.5) is 4.79 Å². The molecule has 21 heavy (non-hydrogen) atoms. The molecule has 5 nitrogen and oxygen atoms in total. The second-order valence-electron chi connectivity index (χ2n) is 7.15. The summed E-state index contributed by atoms with van der Waals surface area (Å²) in [7, 11) is 0. The van der Waals surface area contributed by atoms with Crippen LogP contribution in [0.25, 0.3) is 0 Å². The average Bonchev–Trinajstić information content (AvgIpc) is 3.10. The largest absolute Gasteiger partial charge is 0.444 e. The van der Waals surface area contributed by atoms with Gasteiger partial charge in [-0.1, -0.05) is 13.8 Å². The van der Waals surface area contributed by atoms with Gasteiger partial charge >= 0.3 is 6.09 Å². The number of amides is 2. The number of carbonyl (C=O) groups excluding carboxylic acids is 2. The molecule has 2 amide bonds. The van der Waals surface area contributed by atoms with Crippen LogP contribution in [0.15, 0.2) is 0 Å². The van der Waals surface area contributed by atoms with Crippen LogP contribution in [0.3, 0.4) is 0 Å². The van der Waals surface area contributed by atoms with E-state index in [1.807, 2.05) is 51.3 Å². The minimum atomic E-state index is -0.558. The number of hydrogen-bond acceptors (Lipinski definition) is 4. The highest BCUT2D eigenvalue weighted by atomic mass is 32.2. The van der Waals surface area contributed by atoms with Gasteiger partial charge in [0, 0.05) is 23.6 Å². The molecule has 0 aliphatic carbocycles. The number of hydrogen-bond donors (Lipinski definition) is 1. The molecular formula is C15H26N2O3S. The first-order valence-electron chi connectivity index (χ1n) is 7.61. The highest BCUT2D eigenvalue weighted by Gasteiger charge is 2.45. The van der Waals surface area contributed by atoms with Gasteiger partial charge in [-0.15, -0.1) is 0 Å². The van der Waals surface area contributed by atoms with Crippen LogP contribution < -0.4 is 5.32 Å². The van der Waals surface area contributed by atoms with Crippen LogP contribution in [-0.2, 0) is 9.53 Å². The van der Waals surface area contributed by atoms with Gasteiger partial charge in [0.15, 0.2) is 0 Å². The summed E-state index contributed by atoms with van der Waals surface area (Å²) < 4.78 is 5.26. The van der Waals surface area contributed by atoms with E-state index < -0.39 is 17.7 Å². The van der Waals surface area contributed by atoms with Crippen LogP contribution >= 0.6 is 11.8 Å². The van der Waals surface area contributed by atoms with Crippen LogP contribution in [0.2, 0.25) is 0 Å². The van der Waals surface area contributed by atoms with Crippen molar-refractivity contribution < 1.29 is 14.3 Å². The van der Waals surface area contributed by atoms with E-state index in [0.29, 0.717) is 5.25 Å². The summed E-state index contributed by atoms with van der Waals surface area (Å²) in [5.41, 5.74) is -0.558. The first kappa shape index (κ1) is 16.5. The molecule has 2 aliphatic rings. The lowest BCUT2D eigenvalue weighted by Gasteiger charge is -2.32. The van der Waals surface area contributed by atoms with Gasteiger partial charge in [0.2, 0.25) is 5.91 Å². The molecule has 0 bridgehead atoms. The third-order valence-electron chi connectivity index (χ3n) is 3.69. The Kier molecular flexibility index (Phi) is 4.76. The van der Waals surface area contributed by atoms with Crippen molar-refractivity contribution in [3.05, 3.63) is 0 Å². The second-order valence-corrected chi connectivity index (χ2v) is 8.64. The molecule has 3 atom stereocenters. The van der Waals surface area contributed by atoms with Gasteiger partial charge in [0.25, 0.3) is 0 Å². The van der Waals surface area contributed by atoms with E-state index in [1.165, 1.54) is 0 Å². The van der Waals surface area contributed by atoms with Crippen molar-refractivity contribution in [1.82, 2.24) is 10.2 Å². The molecule has 2 saturated heterocycles. The van der Waals surface area contributed by atoms with Crippen LogP contribution in [0, 0.1) is 5.92 Å². The molecule has 2 aliphatic heterocycles. The van der Waals surface area contributed by atoms with E-state index in [-0.39, 0.29) is 11.8 Å². The van der Waals surface area contributed by atoms with Crippen LogP contribution in [0.5, 0.6) is 0 Å². The zero-order valence-corrected chi connectivity index (χ0v) is 14.3. The molecule has 0 spiro atoms. The highest BCUT2D eigenvalue weighted by Crippen LogP contribution is 2.46. The van der Waals surface area contributed by atoms with E-state index in [0.717, 1.165) is 24.8 Å². The fraction of sp³-hybridized carbons (Fsp3) is 0.867. The second kappa shape index (κ2) is 6.07. The normalized spacial score (nSPS) is 26.1. The van der Waals surface area contributed by atoms with E-state index >= 15 is 0 Å². The maximum atomic E-state index is 12.7. The average molecular weight is 314 g/mol. The minimum Gasteiger partial charge on any atom is -0.444 e. The molecule has 0 aromatic heterocycles. The number of alkyl carbamates (subject to hydrolysis) is 1. The maximum absolute atomic E-state index is 12.7. The fourth-order valence-corrected chi connectivity index (χ4v) is 3.62. The standard InChI is InChI=1S/C15H26N2O3S/c1-9(2)12(16-14(19)20-15(3,4)5)13(18)17-7-6-10-11(8-17)21-10/h9-12H,6-8H2,1-5H3,(H,16,19)/t10?,11?,12-/m1/s1. The maximum Gasteiger partial charge on any atom is 0.408 e. The van der Waals surface area contributed by atoms with Gasteiger partial charge in [-0.25, -0.2) is 4.79 Å². The molecular weight excluding hydrogens is 288 g/mol. The summed E-state index contributed by atoms with van der Waals surface area (Å²) in [6, 6.07) is -0.514.